The molecule has 0 aromatic heterocycles. The van der Waals surface area contributed by atoms with Crippen LogP contribution in [0.1, 0.15) is 90.9 Å². The van der Waals surface area contributed by atoms with Crippen LogP contribution in [0.25, 0.3) is 0 Å². The van der Waals surface area contributed by atoms with E-state index in [0.717, 1.165) is 51.4 Å². The zero-order valence-electron chi connectivity index (χ0n) is 17.3. The highest BCUT2D eigenvalue weighted by molar-refractivity contribution is 7.46. The van der Waals surface area contributed by atoms with Crippen LogP contribution in [0.2, 0.25) is 0 Å². The maximum atomic E-state index is 11.9. The van der Waals surface area contributed by atoms with Gasteiger partial charge in [0.15, 0.2) is 6.10 Å². The molecule has 0 rings (SSSR count). The minimum Gasteiger partial charge on any atom is -0.462 e. The van der Waals surface area contributed by atoms with Crippen molar-refractivity contribution in [3.8, 4) is 0 Å². The van der Waals surface area contributed by atoms with E-state index in [1.807, 2.05) is 0 Å². The van der Waals surface area contributed by atoms with Crippen LogP contribution in [0.4, 0.5) is 0 Å². The average molecular weight is 424 g/mol. The lowest BCUT2D eigenvalue weighted by Crippen LogP contribution is -2.29. The van der Waals surface area contributed by atoms with E-state index in [4.69, 9.17) is 19.3 Å². The van der Waals surface area contributed by atoms with Crippen molar-refractivity contribution in [2.45, 2.75) is 97.0 Å². The Labute approximate surface area is 168 Å². The minimum atomic E-state index is -4.70. The Hall–Kier alpha value is -0.950. The fourth-order valence-corrected chi connectivity index (χ4v) is 2.91. The Morgan fingerprint density at radius 3 is 1.86 bits per heavy atom. The van der Waals surface area contributed by atoms with Gasteiger partial charge in [0.25, 0.3) is 0 Å². The van der Waals surface area contributed by atoms with Gasteiger partial charge in [-0.25, -0.2) is 4.57 Å². The number of hydrogen-bond acceptors (Lipinski definition) is 6. The molecular formula is C19H37O8P. The van der Waals surface area contributed by atoms with E-state index in [2.05, 4.69) is 18.4 Å². The first-order valence-electron chi connectivity index (χ1n) is 10.3. The molecule has 0 aromatic rings. The molecule has 0 aliphatic rings. The van der Waals surface area contributed by atoms with Gasteiger partial charge in [0, 0.05) is 12.8 Å². The van der Waals surface area contributed by atoms with Gasteiger partial charge in [0.1, 0.15) is 6.61 Å². The zero-order chi connectivity index (χ0) is 21.3. The van der Waals surface area contributed by atoms with Crippen molar-refractivity contribution < 1.29 is 37.9 Å². The van der Waals surface area contributed by atoms with Crippen molar-refractivity contribution in [1.29, 1.82) is 0 Å². The first-order valence-corrected chi connectivity index (χ1v) is 11.9. The zero-order valence-corrected chi connectivity index (χ0v) is 18.2. The summed E-state index contributed by atoms with van der Waals surface area (Å²) in [5.41, 5.74) is 0. The third-order valence-electron chi connectivity index (χ3n) is 4.13. The van der Waals surface area contributed by atoms with E-state index in [0.29, 0.717) is 6.42 Å². The second kappa shape index (κ2) is 17.0. The molecular weight excluding hydrogens is 387 g/mol. The first kappa shape index (κ1) is 27.0. The molecule has 1 atom stereocenters. The molecule has 0 bridgehead atoms. The summed E-state index contributed by atoms with van der Waals surface area (Å²) in [4.78, 5) is 41.3. The third-order valence-corrected chi connectivity index (χ3v) is 4.61. The van der Waals surface area contributed by atoms with Crippen LogP contribution in [0, 0.1) is 0 Å². The number of rotatable bonds is 18. The van der Waals surface area contributed by atoms with Crippen molar-refractivity contribution in [2.24, 2.45) is 0 Å². The molecule has 0 amide bonds. The Morgan fingerprint density at radius 2 is 1.29 bits per heavy atom. The fourth-order valence-electron chi connectivity index (χ4n) is 2.55. The van der Waals surface area contributed by atoms with Crippen LogP contribution in [0.15, 0.2) is 0 Å². The molecule has 0 saturated carbocycles. The molecule has 28 heavy (non-hydrogen) atoms. The van der Waals surface area contributed by atoms with Crippen LogP contribution in [-0.4, -0.2) is 41.0 Å². The van der Waals surface area contributed by atoms with Gasteiger partial charge in [-0.05, 0) is 12.8 Å². The highest BCUT2D eigenvalue weighted by Crippen LogP contribution is 2.35. The fraction of sp³-hybridized carbons (Fsp3) is 0.895. The Bertz CT molecular complexity index is 463. The smallest absolute Gasteiger partial charge is 0.462 e. The van der Waals surface area contributed by atoms with Crippen molar-refractivity contribution in [1.82, 2.24) is 0 Å². The van der Waals surface area contributed by atoms with E-state index in [1.165, 1.54) is 6.42 Å². The van der Waals surface area contributed by atoms with Crippen LogP contribution in [0.5, 0.6) is 0 Å². The van der Waals surface area contributed by atoms with Gasteiger partial charge in [-0.1, -0.05) is 65.2 Å². The summed E-state index contributed by atoms with van der Waals surface area (Å²) in [6.45, 7) is 3.39. The molecule has 8 nitrogen and oxygen atoms in total. The minimum absolute atomic E-state index is 0.206. The molecule has 0 aromatic carbocycles. The molecule has 0 heterocycles. The summed E-state index contributed by atoms with van der Waals surface area (Å²) in [5.74, 6) is -0.918. The van der Waals surface area contributed by atoms with Gasteiger partial charge in [-0.2, -0.15) is 0 Å². The van der Waals surface area contributed by atoms with E-state index < -0.39 is 32.5 Å². The summed E-state index contributed by atoms with van der Waals surface area (Å²) in [6.07, 6.45) is 9.34. The molecule has 9 heteroatoms. The van der Waals surface area contributed by atoms with Gasteiger partial charge in [0.05, 0.1) is 6.61 Å². The summed E-state index contributed by atoms with van der Waals surface area (Å²) in [7, 11) is -4.70. The number of hydrogen-bond donors (Lipinski definition) is 2. The standard InChI is InChI=1S/C19H37O8P/c1-3-5-7-9-10-12-13-18(20)25-15-17(16-26-28(22,23)24)27-19(21)14-11-8-6-4-2/h17H,3-16H2,1-2H3,(H2,22,23,24)/t17-/m1/s1. The average Bonchev–Trinajstić information content (AvgIpc) is 2.63. The molecule has 0 aliphatic heterocycles. The van der Waals surface area contributed by atoms with Crippen LogP contribution < -0.4 is 0 Å². The Morgan fingerprint density at radius 1 is 0.786 bits per heavy atom. The molecule has 0 fully saturated rings. The second-order valence-corrected chi connectivity index (χ2v) is 8.15. The maximum absolute atomic E-state index is 11.9. The van der Waals surface area contributed by atoms with Crippen molar-refractivity contribution in [3.05, 3.63) is 0 Å². The quantitative estimate of drug-likeness (QED) is 0.190. The Balaban J connectivity index is 4.23. The highest BCUT2D eigenvalue weighted by Gasteiger charge is 2.22. The topological polar surface area (TPSA) is 119 Å². The predicted octanol–water partition coefficient (Wildman–Crippen LogP) is 4.27. The second-order valence-electron chi connectivity index (χ2n) is 6.91. The van der Waals surface area contributed by atoms with Crippen molar-refractivity contribution >= 4 is 19.8 Å². The molecule has 2 N–H and O–H groups in total. The van der Waals surface area contributed by atoms with Crippen molar-refractivity contribution in [3.63, 3.8) is 0 Å². The normalized spacial score (nSPS) is 12.6. The summed E-state index contributed by atoms with van der Waals surface area (Å²) in [5, 5.41) is 0. The summed E-state index contributed by atoms with van der Waals surface area (Å²) >= 11 is 0. The number of phosphoric acid groups is 1. The SMILES string of the molecule is CCCCCCCCC(=O)OC[C@H](COP(=O)(O)O)OC(=O)CCCCCC. The van der Waals surface area contributed by atoms with Crippen molar-refractivity contribution in [2.75, 3.05) is 13.2 Å². The molecule has 0 aliphatic carbocycles. The first-order chi connectivity index (χ1) is 13.3. The van der Waals surface area contributed by atoms with E-state index in [-0.39, 0.29) is 19.4 Å². The highest BCUT2D eigenvalue weighted by atomic mass is 31.2. The van der Waals surface area contributed by atoms with Crippen LogP contribution in [-0.2, 0) is 28.2 Å². The number of phosphoric ester groups is 1. The Kier molecular flexibility index (Phi) is 16.4. The summed E-state index contributed by atoms with van der Waals surface area (Å²) in [6, 6.07) is 0. The number of unbranched alkanes of at least 4 members (excludes halogenated alkanes) is 8. The molecule has 0 unspecified atom stereocenters. The number of carbonyl (C=O) groups is 2. The monoisotopic (exact) mass is 424 g/mol. The predicted molar refractivity (Wildman–Crippen MR) is 106 cm³/mol. The van der Waals surface area contributed by atoms with E-state index in [9.17, 15) is 14.2 Å². The van der Waals surface area contributed by atoms with Gasteiger partial charge in [0.2, 0.25) is 0 Å². The maximum Gasteiger partial charge on any atom is 0.469 e. The van der Waals surface area contributed by atoms with Gasteiger partial charge < -0.3 is 19.3 Å². The van der Waals surface area contributed by atoms with E-state index >= 15 is 0 Å². The summed E-state index contributed by atoms with van der Waals surface area (Å²) < 4.78 is 25.5. The molecule has 166 valence electrons. The van der Waals surface area contributed by atoms with Gasteiger partial charge in [-0.3, -0.25) is 14.1 Å². The lowest BCUT2D eigenvalue weighted by Gasteiger charge is -2.18. The molecule has 0 radical (unpaired) electrons. The lowest BCUT2D eigenvalue weighted by molar-refractivity contribution is -0.161. The number of carbonyl (C=O) groups excluding carboxylic acids is 2. The van der Waals surface area contributed by atoms with Gasteiger partial charge in [-0.15, -0.1) is 0 Å². The van der Waals surface area contributed by atoms with Crippen LogP contribution in [0.3, 0.4) is 0 Å². The molecule has 0 saturated heterocycles. The van der Waals surface area contributed by atoms with Gasteiger partial charge >= 0.3 is 19.8 Å². The van der Waals surface area contributed by atoms with Crippen LogP contribution >= 0.6 is 7.82 Å². The third kappa shape index (κ3) is 18.4. The number of ether oxygens (including phenoxy) is 2. The van der Waals surface area contributed by atoms with E-state index in [1.54, 1.807) is 0 Å². The molecule has 0 spiro atoms. The largest absolute Gasteiger partial charge is 0.469 e. The number of esters is 2. The lowest BCUT2D eigenvalue weighted by atomic mass is 10.1.